The van der Waals surface area contributed by atoms with Gasteiger partial charge in [0.2, 0.25) is 0 Å². The van der Waals surface area contributed by atoms with E-state index in [2.05, 4.69) is 20.0 Å². The van der Waals surface area contributed by atoms with Crippen LogP contribution in [-0.4, -0.2) is 29.0 Å². The number of ether oxygens (including phenoxy) is 1. The second-order valence-electron chi connectivity index (χ2n) is 3.86. The molecule has 2 rings (SSSR count). The van der Waals surface area contributed by atoms with Crippen LogP contribution in [0.2, 0.25) is 5.15 Å². The summed E-state index contributed by atoms with van der Waals surface area (Å²) < 4.78 is 17.9. The van der Waals surface area contributed by atoms with E-state index in [9.17, 15) is 14.0 Å². The molecule has 0 atom stereocenters. The lowest BCUT2D eigenvalue weighted by atomic mass is 10.2. The molecule has 21 heavy (non-hydrogen) atoms. The Morgan fingerprint density at radius 1 is 1.29 bits per heavy atom. The zero-order valence-electron chi connectivity index (χ0n) is 10.8. The Labute approximate surface area is 123 Å². The topological polar surface area (TPSA) is 81.2 Å². The highest BCUT2D eigenvalue weighted by atomic mass is 35.5. The van der Waals surface area contributed by atoms with Crippen LogP contribution in [0, 0.1) is 5.82 Å². The molecule has 1 aromatic heterocycles. The van der Waals surface area contributed by atoms with Crippen LogP contribution in [0.25, 0.3) is 0 Å². The van der Waals surface area contributed by atoms with Crippen molar-refractivity contribution in [3.8, 4) is 0 Å². The van der Waals surface area contributed by atoms with Crippen molar-refractivity contribution >= 4 is 29.2 Å². The molecule has 1 heterocycles. The third-order valence-electron chi connectivity index (χ3n) is 2.48. The minimum Gasteiger partial charge on any atom is -0.465 e. The van der Waals surface area contributed by atoms with E-state index < -0.39 is 17.7 Å². The van der Waals surface area contributed by atoms with E-state index >= 15 is 0 Å². The van der Waals surface area contributed by atoms with Gasteiger partial charge in [0.25, 0.3) is 5.91 Å². The lowest BCUT2D eigenvalue weighted by Crippen LogP contribution is -2.15. The van der Waals surface area contributed by atoms with Gasteiger partial charge in [-0.1, -0.05) is 11.6 Å². The van der Waals surface area contributed by atoms with Gasteiger partial charge in [0.15, 0.2) is 0 Å². The quantitative estimate of drug-likeness (QED) is 0.880. The van der Waals surface area contributed by atoms with Crippen LogP contribution < -0.4 is 5.32 Å². The molecule has 108 valence electrons. The second-order valence-corrected chi connectivity index (χ2v) is 4.25. The molecule has 0 unspecified atom stereocenters. The number of rotatable bonds is 3. The summed E-state index contributed by atoms with van der Waals surface area (Å²) in [5.74, 6) is -2.15. The number of amides is 1. The molecule has 8 heteroatoms. The second kappa shape index (κ2) is 6.27. The number of esters is 1. The maximum Gasteiger partial charge on any atom is 0.340 e. The fraction of sp³-hybridized carbons (Fsp3) is 0.0769. The first-order valence-electron chi connectivity index (χ1n) is 5.68. The number of hydrogen-bond donors (Lipinski definition) is 1. The number of nitrogens with zero attached hydrogens (tertiary/aromatic N) is 2. The number of benzene rings is 1. The smallest absolute Gasteiger partial charge is 0.340 e. The molecule has 1 N–H and O–H groups in total. The van der Waals surface area contributed by atoms with Gasteiger partial charge in [-0.05, 0) is 18.2 Å². The van der Waals surface area contributed by atoms with Crippen LogP contribution in [0.5, 0.6) is 0 Å². The summed E-state index contributed by atoms with van der Waals surface area (Å²) in [4.78, 5) is 30.8. The van der Waals surface area contributed by atoms with Crippen molar-refractivity contribution in [1.29, 1.82) is 0 Å². The van der Waals surface area contributed by atoms with Crippen LogP contribution in [0.4, 0.5) is 10.1 Å². The average molecular weight is 310 g/mol. The van der Waals surface area contributed by atoms with Crippen molar-refractivity contribution in [2.75, 3.05) is 12.4 Å². The third kappa shape index (κ3) is 3.51. The Kier molecular flexibility index (Phi) is 4.44. The molecular formula is C13H9ClFN3O3. The zero-order valence-corrected chi connectivity index (χ0v) is 11.5. The van der Waals surface area contributed by atoms with E-state index in [0.717, 1.165) is 13.2 Å². The van der Waals surface area contributed by atoms with E-state index in [1.54, 1.807) is 0 Å². The van der Waals surface area contributed by atoms with Crippen LogP contribution in [0.1, 0.15) is 20.8 Å². The standard InChI is InChI=1S/C13H9ClFN3O3/c1-21-13(20)8-4-7(2-3-9(8)15)18-12(19)10-5-17-11(14)6-16-10/h2-6H,1H3,(H,18,19). The molecule has 2 aromatic rings. The van der Waals surface area contributed by atoms with E-state index in [1.807, 2.05) is 0 Å². The van der Waals surface area contributed by atoms with Gasteiger partial charge in [-0.3, -0.25) is 4.79 Å². The minimum atomic E-state index is -0.838. The summed E-state index contributed by atoms with van der Waals surface area (Å²) in [5, 5.41) is 2.62. The molecule has 0 saturated carbocycles. The SMILES string of the molecule is COC(=O)c1cc(NC(=O)c2cnc(Cl)cn2)ccc1F. The van der Waals surface area contributed by atoms with Crippen molar-refractivity contribution in [3.63, 3.8) is 0 Å². The number of carbonyl (C=O) groups is 2. The van der Waals surface area contributed by atoms with E-state index in [1.165, 1.54) is 24.5 Å². The fourth-order valence-electron chi connectivity index (χ4n) is 1.49. The normalized spacial score (nSPS) is 10.0. The van der Waals surface area contributed by atoms with Crippen LogP contribution in [0.3, 0.4) is 0 Å². The number of carbonyl (C=O) groups excluding carboxylic acids is 2. The largest absolute Gasteiger partial charge is 0.465 e. The van der Waals surface area contributed by atoms with Crippen molar-refractivity contribution in [1.82, 2.24) is 9.97 Å². The molecule has 0 fully saturated rings. The fourth-order valence-corrected chi connectivity index (χ4v) is 1.59. The summed E-state index contributed by atoms with van der Waals surface area (Å²) in [6.07, 6.45) is 2.42. The summed E-state index contributed by atoms with van der Waals surface area (Å²) in [6, 6.07) is 3.53. The number of methoxy groups -OCH3 is 1. The van der Waals surface area contributed by atoms with E-state index in [0.29, 0.717) is 0 Å². The highest BCUT2D eigenvalue weighted by Crippen LogP contribution is 2.16. The predicted octanol–water partition coefficient (Wildman–Crippen LogP) is 2.31. The Bertz CT molecular complexity index is 692. The first-order chi connectivity index (χ1) is 10.0. The maximum absolute atomic E-state index is 13.5. The Balaban J connectivity index is 2.21. The number of anilines is 1. The van der Waals surface area contributed by atoms with Gasteiger partial charge in [0, 0.05) is 5.69 Å². The number of nitrogens with one attached hydrogen (secondary N) is 1. The van der Waals surface area contributed by atoms with Crippen molar-refractivity contribution in [2.45, 2.75) is 0 Å². The summed E-state index contributed by atoms with van der Waals surface area (Å²) in [5.41, 5.74) is -0.0283. The van der Waals surface area contributed by atoms with Gasteiger partial charge in [-0.25, -0.2) is 19.2 Å². The molecule has 0 aliphatic rings. The summed E-state index contributed by atoms with van der Waals surface area (Å²) in [7, 11) is 1.14. The Morgan fingerprint density at radius 3 is 2.67 bits per heavy atom. The molecule has 0 spiro atoms. The summed E-state index contributed by atoms with van der Waals surface area (Å²) in [6.45, 7) is 0. The first kappa shape index (κ1) is 14.9. The Hall–Kier alpha value is -2.54. The number of hydrogen-bond acceptors (Lipinski definition) is 5. The van der Waals surface area contributed by atoms with Crippen LogP contribution in [-0.2, 0) is 4.74 Å². The third-order valence-corrected chi connectivity index (χ3v) is 2.68. The summed E-state index contributed by atoms with van der Waals surface area (Å²) >= 11 is 5.57. The maximum atomic E-state index is 13.5. The minimum absolute atomic E-state index is 0.0309. The van der Waals surface area contributed by atoms with E-state index in [-0.39, 0.29) is 22.1 Å². The lowest BCUT2D eigenvalue weighted by Gasteiger charge is -2.07. The van der Waals surface area contributed by atoms with Crippen molar-refractivity contribution < 1.29 is 18.7 Å². The lowest BCUT2D eigenvalue weighted by molar-refractivity contribution is 0.0595. The molecule has 1 aromatic carbocycles. The monoisotopic (exact) mass is 309 g/mol. The average Bonchev–Trinajstić information content (AvgIpc) is 2.49. The van der Waals surface area contributed by atoms with Gasteiger partial charge in [0.05, 0.1) is 25.1 Å². The number of aromatic nitrogens is 2. The van der Waals surface area contributed by atoms with Crippen LogP contribution in [0.15, 0.2) is 30.6 Å². The van der Waals surface area contributed by atoms with Gasteiger partial charge < -0.3 is 10.1 Å². The molecule has 0 saturated heterocycles. The highest BCUT2D eigenvalue weighted by Gasteiger charge is 2.14. The van der Waals surface area contributed by atoms with Gasteiger partial charge in [-0.15, -0.1) is 0 Å². The van der Waals surface area contributed by atoms with Gasteiger partial charge in [0.1, 0.15) is 16.7 Å². The molecule has 6 nitrogen and oxygen atoms in total. The predicted molar refractivity (Wildman–Crippen MR) is 72.7 cm³/mol. The van der Waals surface area contributed by atoms with Crippen molar-refractivity contribution in [2.24, 2.45) is 0 Å². The molecule has 0 bridgehead atoms. The van der Waals surface area contributed by atoms with Crippen LogP contribution >= 0.6 is 11.6 Å². The van der Waals surface area contributed by atoms with E-state index in [4.69, 9.17) is 11.6 Å². The molecule has 0 aliphatic heterocycles. The molecule has 1 amide bonds. The first-order valence-corrected chi connectivity index (χ1v) is 6.06. The highest BCUT2D eigenvalue weighted by molar-refractivity contribution is 6.29. The molecule has 0 radical (unpaired) electrons. The van der Waals surface area contributed by atoms with Crippen molar-refractivity contribution in [3.05, 3.63) is 52.8 Å². The zero-order chi connectivity index (χ0) is 15.4. The van der Waals surface area contributed by atoms with Gasteiger partial charge in [-0.2, -0.15) is 0 Å². The Morgan fingerprint density at radius 2 is 2.05 bits per heavy atom. The number of halogens is 2. The van der Waals surface area contributed by atoms with Gasteiger partial charge >= 0.3 is 5.97 Å². The molecule has 0 aliphatic carbocycles. The molecular weight excluding hydrogens is 301 g/mol.